The quantitative estimate of drug-likeness (QED) is 0.554. The highest BCUT2D eigenvalue weighted by atomic mass is 16.6. The van der Waals surface area contributed by atoms with E-state index in [-0.39, 0.29) is 12.3 Å². The van der Waals surface area contributed by atoms with Gasteiger partial charge in [0.1, 0.15) is 0 Å². The van der Waals surface area contributed by atoms with Crippen LogP contribution < -0.4 is 5.73 Å². The summed E-state index contributed by atoms with van der Waals surface area (Å²) in [6.07, 6.45) is 0.324. The van der Waals surface area contributed by atoms with Crippen molar-refractivity contribution in [3.05, 3.63) is 39.9 Å². The minimum absolute atomic E-state index is 0.00782. The predicted octanol–water partition coefficient (Wildman–Crippen LogP) is 0.977. The van der Waals surface area contributed by atoms with Gasteiger partial charge in [0.05, 0.1) is 4.92 Å². The molecule has 14 heavy (non-hydrogen) atoms. The summed E-state index contributed by atoms with van der Waals surface area (Å²) in [7, 11) is 0. The summed E-state index contributed by atoms with van der Waals surface area (Å²) < 4.78 is 0. The third-order valence-corrected chi connectivity index (χ3v) is 1.97. The first-order valence-electron chi connectivity index (χ1n) is 4.26. The summed E-state index contributed by atoms with van der Waals surface area (Å²) in [6.45, 7) is -0.0762. The van der Waals surface area contributed by atoms with Crippen LogP contribution in [0.2, 0.25) is 0 Å². The van der Waals surface area contributed by atoms with Crippen LogP contribution >= 0.6 is 0 Å². The van der Waals surface area contributed by atoms with Crippen LogP contribution in [0.25, 0.3) is 0 Å². The Hall–Kier alpha value is -1.46. The molecule has 0 aliphatic rings. The molecule has 0 heterocycles. The highest BCUT2D eigenvalue weighted by Crippen LogP contribution is 2.24. The summed E-state index contributed by atoms with van der Waals surface area (Å²) in [6, 6.07) is 5.82. The highest BCUT2D eigenvalue weighted by molar-refractivity contribution is 5.41. The predicted molar refractivity (Wildman–Crippen MR) is 51.7 cm³/mol. The highest BCUT2D eigenvalue weighted by Gasteiger charge is 2.17. The van der Waals surface area contributed by atoms with Gasteiger partial charge in [-0.1, -0.05) is 18.2 Å². The minimum atomic E-state index is -0.485. The second-order valence-corrected chi connectivity index (χ2v) is 2.93. The molecule has 0 saturated heterocycles. The SMILES string of the molecule is N[C@H](CCO)c1ccccc1[N+](=O)[O-]. The largest absolute Gasteiger partial charge is 0.396 e. The Morgan fingerprint density at radius 3 is 2.71 bits per heavy atom. The van der Waals surface area contributed by atoms with Crippen molar-refractivity contribution in [3.63, 3.8) is 0 Å². The van der Waals surface area contributed by atoms with Crippen LogP contribution in [0, 0.1) is 10.1 Å². The van der Waals surface area contributed by atoms with Crippen molar-refractivity contribution in [1.82, 2.24) is 0 Å². The van der Waals surface area contributed by atoms with Gasteiger partial charge in [0, 0.05) is 24.3 Å². The Balaban J connectivity index is 3.00. The van der Waals surface area contributed by atoms with E-state index in [9.17, 15) is 10.1 Å². The number of para-hydroxylation sites is 1. The first-order chi connectivity index (χ1) is 6.66. The smallest absolute Gasteiger partial charge is 0.274 e. The van der Waals surface area contributed by atoms with Crippen LogP contribution in [0.3, 0.4) is 0 Å². The van der Waals surface area contributed by atoms with Crippen LogP contribution in [0.4, 0.5) is 5.69 Å². The average Bonchev–Trinajstić information content (AvgIpc) is 2.18. The second kappa shape index (κ2) is 4.69. The summed E-state index contributed by atoms with van der Waals surface area (Å²) in [4.78, 5) is 10.2. The van der Waals surface area contributed by atoms with Gasteiger partial charge in [-0.3, -0.25) is 10.1 Å². The topological polar surface area (TPSA) is 89.4 Å². The number of nitro benzene ring substituents is 1. The fourth-order valence-corrected chi connectivity index (χ4v) is 1.26. The Morgan fingerprint density at radius 1 is 1.50 bits per heavy atom. The van der Waals surface area contributed by atoms with Crippen LogP contribution in [0.1, 0.15) is 18.0 Å². The number of nitrogens with two attached hydrogens (primary N) is 1. The molecule has 0 amide bonds. The lowest BCUT2D eigenvalue weighted by atomic mass is 10.0. The number of hydrogen-bond donors (Lipinski definition) is 2. The molecule has 0 spiro atoms. The van der Waals surface area contributed by atoms with Gasteiger partial charge in [-0.2, -0.15) is 0 Å². The molecule has 5 heteroatoms. The van der Waals surface area contributed by atoms with E-state index in [1.165, 1.54) is 6.07 Å². The zero-order valence-electron chi connectivity index (χ0n) is 7.59. The molecule has 0 radical (unpaired) electrons. The molecule has 5 nitrogen and oxygen atoms in total. The lowest BCUT2D eigenvalue weighted by Gasteiger charge is -2.09. The normalized spacial score (nSPS) is 12.4. The minimum Gasteiger partial charge on any atom is -0.396 e. The van der Waals surface area contributed by atoms with E-state index in [4.69, 9.17) is 10.8 Å². The molecule has 0 aliphatic heterocycles. The summed E-state index contributed by atoms with van der Waals surface area (Å²) >= 11 is 0. The standard InChI is InChI=1S/C9H12N2O3/c10-8(5-6-12)7-3-1-2-4-9(7)11(13)14/h1-4,8,12H,5-6,10H2/t8-/m1/s1. The van der Waals surface area contributed by atoms with E-state index in [0.29, 0.717) is 12.0 Å². The number of aliphatic hydroxyl groups is 1. The third-order valence-electron chi connectivity index (χ3n) is 1.97. The summed E-state index contributed by atoms with van der Waals surface area (Å²) in [5, 5.41) is 19.3. The maximum Gasteiger partial charge on any atom is 0.274 e. The first kappa shape index (κ1) is 10.6. The van der Waals surface area contributed by atoms with Crippen molar-refractivity contribution >= 4 is 5.69 Å². The molecule has 0 bridgehead atoms. The number of hydrogen-bond acceptors (Lipinski definition) is 4. The average molecular weight is 196 g/mol. The number of nitro groups is 1. The van der Waals surface area contributed by atoms with E-state index in [1.54, 1.807) is 18.2 Å². The van der Waals surface area contributed by atoms with Crippen molar-refractivity contribution < 1.29 is 10.0 Å². The van der Waals surface area contributed by atoms with Crippen LogP contribution in [0.5, 0.6) is 0 Å². The van der Waals surface area contributed by atoms with E-state index < -0.39 is 11.0 Å². The molecule has 1 rings (SSSR count). The van der Waals surface area contributed by atoms with Crippen LogP contribution in [-0.4, -0.2) is 16.6 Å². The Labute approximate surface area is 81.3 Å². The van der Waals surface area contributed by atoms with Crippen molar-refractivity contribution in [3.8, 4) is 0 Å². The van der Waals surface area contributed by atoms with Gasteiger partial charge in [-0.15, -0.1) is 0 Å². The molecule has 0 saturated carbocycles. The second-order valence-electron chi connectivity index (χ2n) is 2.93. The number of aliphatic hydroxyl groups excluding tert-OH is 1. The molecule has 1 atom stereocenters. The Bertz CT molecular complexity index is 328. The molecular weight excluding hydrogens is 184 g/mol. The van der Waals surface area contributed by atoms with Crippen molar-refractivity contribution in [1.29, 1.82) is 0 Å². The fraction of sp³-hybridized carbons (Fsp3) is 0.333. The van der Waals surface area contributed by atoms with Gasteiger partial charge in [-0.05, 0) is 6.42 Å². The van der Waals surface area contributed by atoms with Gasteiger partial charge < -0.3 is 10.8 Å². The molecule has 3 N–H and O–H groups in total. The number of rotatable bonds is 4. The first-order valence-corrected chi connectivity index (χ1v) is 4.26. The van der Waals surface area contributed by atoms with Gasteiger partial charge >= 0.3 is 0 Å². The van der Waals surface area contributed by atoms with E-state index in [0.717, 1.165) is 0 Å². The summed E-state index contributed by atoms with van der Waals surface area (Å²) in [5.41, 5.74) is 6.15. The van der Waals surface area contributed by atoms with Gasteiger partial charge in [0.2, 0.25) is 0 Å². The van der Waals surface area contributed by atoms with Gasteiger partial charge in [0.15, 0.2) is 0 Å². The number of nitrogens with zero attached hydrogens (tertiary/aromatic N) is 1. The van der Waals surface area contributed by atoms with Crippen molar-refractivity contribution in [2.24, 2.45) is 5.73 Å². The van der Waals surface area contributed by atoms with Crippen molar-refractivity contribution in [2.75, 3.05) is 6.61 Å². The maximum absolute atomic E-state index is 10.6. The molecule has 0 unspecified atom stereocenters. The van der Waals surface area contributed by atoms with E-state index in [2.05, 4.69) is 0 Å². The molecule has 1 aromatic rings. The molecule has 1 aromatic carbocycles. The van der Waals surface area contributed by atoms with E-state index in [1.807, 2.05) is 0 Å². The lowest BCUT2D eigenvalue weighted by molar-refractivity contribution is -0.385. The molecule has 0 aromatic heterocycles. The lowest BCUT2D eigenvalue weighted by Crippen LogP contribution is -2.13. The van der Waals surface area contributed by atoms with Crippen molar-refractivity contribution in [2.45, 2.75) is 12.5 Å². The maximum atomic E-state index is 10.6. The fourth-order valence-electron chi connectivity index (χ4n) is 1.26. The molecule has 0 fully saturated rings. The van der Waals surface area contributed by atoms with Gasteiger partial charge in [-0.25, -0.2) is 0 Å². The zero-order chi connectivity index (χ0) is 10.6. The Kier molecular flexibility index (Phi) is 3.55. The zero-order valence-corrected chi connectivity index (χ0v) is 7.59. The van der Waals surface area contributed by atoms with E-state index >= 15 is 0 Å². The number of benzene rings is 1. The third kappa shape index (κ3) is 2.27. The molecule has 0 aliphatic carbocycles. The molecule has 76 valence electrons. The van der Waals surface area contributed by atoms with Gasteiger partial charge in [0.25, 0.3) is 5.69 Å². The monoisotopic (exact) mass is 196 g/mol. The Morgan fingerprint density at radius 2 is 2.14 bits per heavy atom. The summed E-state index contributed by atoms with van der Waals surface area (Å²) in [5.74, 6) is 0. The van der Waals surface area contributed by atoms with Crippen LogP contribution in [-0.2, 0) is 0 Å². The molecular formula is C9H12N2O3. The van der Waals surface area contributed by atoms with Crippen LogP contribution in [0.15, 0.2) is 24.3 Å².